The second kappa shape index (κ2) is 9.62. The molecule has 0 heterocycles. The van der Waals surface area contributed by atoms with Crippen LogP contribution in [0.15, 0.2) is 95.7 Å². The third-order valence-electron chi connectivity index (χ3n) is 3.79. The summed E-state index contributed by atoms with van der Waals surface area (Å²) in [4.78, 5) is 12.5. The Kier molecular flexibility index (Phi) is 6.48. The standard InChI is InChI=1S/C23H17N3O3/c1-2-15-28-22-6-4-3-5-21(22)23(27)29-20-13-11-19(12-14-20)26-25-18-9-7-17(16-24)8-10-18/h2-14H,1,15H2/b26-25+. The van der Waals surface area contributed by atoms with Gasteiger partial charge in [-0.3, -0.25) is 0 Å². The lowest BCUT2D eigenvalue weighted by Crippen LogP contribution is -2.10. The number of carbonyl (C=O) groups is 1. The van der Waals surface area contributed by atoms with Gasteiger partial charge in [-0.05, 0) is 60.7 Å². The number of hydrogen-bond acceptors (Lipinski definition) is 6. The lowest BCUT2D eigenvalue weighted by molar-refractivity contribution is 0.0730. The number of hydrogen-bond donors (Lipinski definition) is 0. The quantitative estimate of drug-likeness (QED) is 0.225. The van der Waals surface area contributed by atoms with Crippen LogP contribution in [0.25, 0.3) is 0 Å². The summed E-state index contributed by atoms with van der Waals surface area (Å²) in [6.45, 7) is 3.89. The average Bonchev–Trinajstić information content (AvgIpc) is 2.77. The normalized spacial score (nSPS) is 10.3. The van der Waals surface area contributed by atoms with E-state index in [0.29, 0.717) is 40.6 Å². The van der Waals surface area contributed by atoms with E-state index in [1.165, 1.54) is 0 Å². The van der Waals surface area contributed by atoms with Crippen molar-refractivity contribution in [2.24, 2.45) is 10.2 Å². The molecule has 0 aliphatic heterocycles. The highest BCUT2D eigenvalue weighted by Gasteiger charge is 2.14. The predicted molar refractivity (Wildman–Crippen MR) is 109 cm³/mol. The first kappa shape index (κ1) is 19.5. The third-order valence-corrected chi connectivity index (χ3v) is 3.79. The Bertz CT molecular complexity index is 1070. The van der Waals surface area contributed by atoms with E-state index in [2.05, 4.69) is 16.8 Å². The van der Waals surface area contributed by atoms with Gasteiger partial charge in [0.2, 0.25) is 0 Å². The zero-order valence-corrected chi connectivity index (χ0v) is 15.5. The van der Waals surface area contributed by atoms with Gasteiger partial charge in [-0.1, -0.05) is 24.8 Å². The Morgan fingerprint density at radius 1 is 0.966 bits per heavy atom. The van der Waals surface area contributed by atoms with Crippen molar-refractivity contribution in [2.45, 2.75) is 0 Å². The summed E-state index contributed by atoms with van der Waals surface area (Å²) in [6, 6.07) is 22.3. The summed E-state index contributed by atoms with van der Waals surface area (Å²) in [7, 11) is 0. The second-order valence-corrected chi connectivity index (χ2v) is 5.84. The van der Waals surface area contributed by atoms with Gasteiger partial charge in [-0.25, -0.2) is 4.79 Å². The number of rotatable bonds is 7. The molecule has 0 aromatic heterocycles. The van der Waals surface area contributed by atoms with Crippen molar-refractivity contribution in [1.82, 2.24) is 0 Å². The van der Waals surface area contributed by atoms with Crippen LogP contribution in [0.1, 0.15) is 15.9 Å². The number of esters is 1. The Balaban J connectivity index is 1.66. The molecule has 0 saturated carbocycles. The van der Waals surface area contributed by atoms with Crippen LogP contribution in [-0.2, 0) is 0 Å². The molecule has 0 unspecified atom stereocenters. The molecule has 0 atom stereocenters. The number of azo groups is 1. The van der Waals surface area contributed by atoms with Crippen molar-refractivity contribution in [3.05, 3.63) is 96.6 Å². The molecule has 142 valence electrons. The van der Waals surface area contributed by atoms with E-state index < -0.39 is 5.97 Å². The monoisotopic (exact) mass is 383 g/mol. The van der Waals surface area contributed by atoms with Crippen molar-refractivity contribution < 1.29 is 14.3 Å². The molecule has 3 aromatic rings. The summed E-state index contributed by atoms with van der Waals surface area (Å²) in [6.07, 6.45) is 1.60. The van der Waals surface area contributed by atoms with Crippen molar-refractivity contribution in [2.75, 3.05) is 6.61 Å². The third kappa shape index (κ3) is 5.37. The van der Waals surface area contributed by atoms with Crippen LogP contribution < -0.4 is 9.47 Å². The van der Waals surface area contributed by atoms with E-state index in [4.69, 9.17) is 14.7 Å². The maximum Gasteiger partial charge on any atom is 0.347 e. The molecule has 3 aromatic carbocycles. The average molecular weight is 383 g/mol. The minimum atomic E-state index is -0.517. The molecule has 0 aliphatic rings. The molecule has 0 N–H and O–H groups in total. The predicted octanol–water partition coefficient (Wildman–Crippen LogP) is 5.76. The molecule has 0 fully saturated rings. The van der Waals surface area contributed by atoms with Gasteiger partial charge in [0.05, 0.1) is 23.0 Å². The van der Waals surface area contributed by atoms with Crippen LogP contribution >= 0.6 is 0 Å². The first-order chi connectivity index (χ1) is 14.2. The zero-order valence-electron chi connectivity index (χ0n) is 15.5. The van der Waals surface area contributed by atoms with Gasteiger partial charge >= 0.3 is 5.97 Å². The van der Waals surface area contributed by atoms with Crippen LogP contribution in [-0.4, -0.2) is 12.6 Å². The summed E-state index contributed by atoms with van der Waals surface area (Å²) < 4.78 is 10.9. The smallest absolute Gasteiger partial charge is 0.347 e. The van der Waals surface area contributed by atoms with E-state index in [1.807, 2.05) is 6.07 Å². The van der Waals surface area contributed by atoms with Gasteiger partial charge in [-0.15, -0.1) is 0 Å². The minimum Gasteiger partial charge on any atom is -0.489 e. The van der Waals surface area contributed by atoms with Gasteiger partial charge in [-0.2, -0.15) is 15.5 Å². The van der Waals surface area contributed by atoms with Crippen LogP contribution in [0, 0.1) is 11.3 Å². The summed E-state index contributed by atoms with van der Waals surface area (Å²) in [5, 5.41) is 17.0. The van der Waals surface area contributed by atoms with E-state index in [1.54, 1.807) is 78.9 Å². The topological polar surface area (TPSA) is 84.0 Å². The summed E-state index contributed by atoms with van der Waals surface area (Å²) in [5.41, 5.74) is 2.13. The molecule has 0 aliphatic carbocycles. The molecule has 3 rings (SSSR count). The second-order valence-electron chi connectivity index (χ2n) is 5.84. The maximum absolute atomic E-state index is 12.5. The number of para-hydroxylation sites is 1. The molecule has 0 spiro atoms. The fourth-order valence-electron chi connectivity index (χ4n) is 2.37. The Hall–Kier alpha value is -4.24. The highest BCUT2D eigenvalue weighted by Crippen LogP contribution is 2.24. The van der Waals surface area contributed by atoms with Gasteiger partial charge in [0.25, 0.3) is 0 Å². The fraction of sp³-hybridized carbons (Fsp3) is 0.0435. The van der Waals surface area contributed by atoms with Crippen molar-refractivity contribution in [3.8, 4) is 17.6 Å². The Morgan fingerprint density at radius 3 is 2.21 bits per heavy atom. The molecular weight excluding hydrogens is 366 g/mol. The molecule has 6 heteroatoms. The van der Waals surface area contributed by atoms with E-state index in [0.717, 1.165) is 0 Å². The lowest BCUT2D eigenvalue weighted by Gasteiger charge is -2.09. The van der Waals surface area contributed by atoms with Gasteiger partial charge in [0.1, 0.15) is 23.7 Å². The van der Waals surface area contributed by atoms with Crippen LogP contribution in [0.2, 0.25) is 0 Å². The SMILES string of the molecule is C=CCOc1ccccc1C(=O)Oc1ccc(/N=N/c2ccc(C#N)cc2)cc1. The van der Waals surface area contributed by atoms with Crippen LogP contribution in [0.4, 0.5) is 11.4 Å². The first-order valence-corrected chi connectivity index (χ1v) is 8.76. The molecule has 0 amide bonds. The number of nitriles is 1. The van der Waals surface area contributed by atoms with Crippen molar-refractivity contribution in [3.63, 3.8) is 0 Å². The maximum atomic E-state index is 12.5. The molecule has 29 heavy (non-hydrogen) atoms. The Labute approximate surface area is 168 Å². The first-order valence-electron chi connectivity index (χ1n) is 8.76. The van der Waals surface area contributed by atoms with Gasteiger partial charge < -0.3 is 9.47 Å². The fourth-order valence-corrected chi connectivity index (χ4v) is 2.37. The van der Waals surface area contributed by atoms with Gasteiger partial charge in [0, 0.05) is 0 Å². The van der Waals surface area contributed by atoms with E-state index in [-0.39, 0.29) is 0 Å². The number of carbonyl (C=O) groups excluding carboxylic acids is 1. The van der Waals surface area contributed by atoms with E-state index in [9.17, 15) is 4.79 Å². The summed E-state index contributed by atoms with van der Waals surface area (Å²) >= 11 is 0. The number of ether oxygens (including phenoxy) is 2. The molecule has 6 nitrogen and oxygen atoms in total. The molecule has 0 saturated heterocycles. The zero-order chi connectivity index (χ0) is 20.5. The van der Waals surface area contributed by atoms with Crippen molar-refractivity contribution >= 4 is 17.3 Å². The summed E-state index contributed by atoms with van der Waals surface area (Å²) in [5.74, 6) is 0.299. The minimum absolute atomic E-state index is 0.295. The highest BCUT2D eigenvalue weighted by atomic mass is 16.5. The van der Waals surface area contributed by atoms with Crippen LogP contribution in [0.5, 0.6) is 11.5 Å². The van der Waals surface area contributed by atoms with Gasteiger partial charge in [0.15, 0.2) is 0 Å². The Morgan fingerprint density at radius 2 is 1.59 bits per heavy atom. The molecule has 0 radical (unpaired) electrons. The molecular formula is C23H17N3O3. The highest BCUT2D eigenvalue weighted by molar-refractivity contribution is 5.94. The lowest BCUT2D eigenvalue weighted by atomic mass is 10.2. The number of nitrogens with zero attached hydrogens (tertiary/aromatic N) is 3. The molecule has 0 bridgehead atoms. The largest absolute Gasteiger partial charge is 0.489 e. The van der Waals surface area contributed by atoms with Crippen molar-refractivity contribution in [1.29, 1.82) is 5.26 Å². The number of benzene rings is 3. The van der Waals surface area contributed by atoms with E-state index >= 15 is 0 Å². The van der Waals surface area contributed by atoms with Crippen LogP contribution in [0.3, 0.4) is 0 Å².